The van der Waals surface area contributed by atoms with Gasteiger partial charge in [0.15, 0.2) is 5.13 Å². The zero-order valence-corrected chi connectivity index (χ0v) is 14.6. The summed E-state index contributed by atoms with van der Waals surface area (Å²) in [6.07, 6.45) is 4.30. The number of hydrogen-bond donors (Lipinski definition) is 3. The average molecular weight is 362 g/mol. The van der Waals surface area contributed by atoms with Gasteiger partial charge in [-0.25, -0.2) is 14.2 Å². The summed E-state index contributed by atoms with van der Waals surface area (Å²) in [5.74, 6) is -0.520. The maximum absolute atomic E-state index is 12.9. The predicted octanol–water partition coefficient (Wildman–Crippen LogP) is 3.91. The number of urea groups is 1. The maximum atomic E-state index is 12.9. The molecule has 0 radical (unpaired) electrons. The van der Waals surface area contributed by atoms with Crippen molar-refractivity contribution in [2.24, 2.45) is 0 Å². The number of benzene rings is 1. The van der Waals surface area contributed by atoms with Crippen molar-refractivity contribution in [1.82, 2.24) is 10.3 Å². The molecule has 25 heavy (non-hydrogen) atoms. The van der Waals surface area contributed by atoms with Crippen molar-refractivity contribution >= 4 is 34.1 Å². The van der Waals surface area contributed by atoms with Gasteiger partial charge in [-0.3, -0.25) is 10.1 Å². The van der Waals surface area contributed by atoms with E-state index in [1.807, 2.05) is 0 Å². The molecule has 1 aliphatic carbocycles. The quantitative estimate of drug-likeness (QED) is 0.771. The Bertz CT molecular complexity index is 769. The lowest BCUT2D eigenvalue weighted by Gasteiger charge is -2.10. The third kappa shape index (κ3) is 4.54. The zero-order valence-electron chi connectivity index (χ0n) is 13.8. The topological polar surface area (TPSA) is 83.1 Å². The second-order valence-electron chi connectivity index (χ2n) is 5.97. The van der Waals surface area contributed by atoms with Crippen LogP contribution in [0.2, 0.25) is 0 Å². The van der Waals surface area contributed by atoms with Crippen molar-refractivity contribution in [3.8, 4) is 0 Å². The number of hydrogen-bond acceptors (Lipinski definition) is 4. The number of nitrogens with one attached hydrogen (secondary N) is 3. The Morgan fingerprint density at radius 2 is 1.84 bits per heavy atom. The van der Waals surface area contributed by atoms with Crippen molar-refractivity contribution in [2.45, 2.75) is 38.6 Å². The molecule has 0 atom stereocenters. The maximum Gasteiger partial charge on any atom is 0.325 e. The molecule has 0 spiro atoms. The summed E-state index contributed by atoms with van der Waals surface area (Å²) in [6.45, 7) is 1.74. The van der Waals surface area contributed by atoms with Gasteiger partial charge < -0.3 is 10.6 Å². The molecule has 3 N–H and O–H groups in total. The molecule has 1 heterocycles. The van der Waals surface area contributed by atoms with Crippen LogP contribution in [-0.4, -0.2) is 23.0 Å². The van der Waals surface area contributed by atoms with Crippen LogP contribution in [0.1, 0.15) is 41.0 Å². The Balaban J connectivity index is 1.60. The molecule has 3 amide bonds. The van der Waals surface area contributed by atoms with E-state index in [0.717, 1.165) is 37.0 Å². The SMILES string of the molecule is Cc1nc(NC(=O)Nc2ccc(F)cc2)sc1C(=O)NC1CCCC1. The molecule has 1 aliphatic rings. The van der Waals surface area contributed by atoms with Crippen LogP contribution >= 0.6 is 11.3 Å². The molecule has 2 aromatic rings. The fraction of sp³-hybridized carbons (Fsp3) is 0.353. The average Bonchev–Trinajstić information content (AvgIpc) is 3.19. The van der Waals surface area contributed by atoms with Crippen LogP contribution in [0.4, 0.5) is 20.0 Å². The molecule has 0 aliphatic heterocycles. The lowest BCUT2D eigenvalue weighted by atomic mass is 10.2. The van der Waals surface area contributed by atoms with Gasteiger partial charge in [0.2, 0.25) is 0 Å². The van der Waals surface area contributed by atoms with Crippen molar-refractivity contribution in [2.75, 3.05) is 10.6 Å². The van der Waals surface area contributed by atoms with Gasteiger partial charge in [-0.15, -0.1) is 0 Å². The number of rotatable bonds is 4. The zero-order chi connectivity index (χ0) is 17.8. The van der Waals surface area contributed by atoms with Gasteiger partial charge in [-0.1, -0.05) is 24.2 Å². The van der Waals surface area contributed by atoms with Crippen molar-refractivity contribution in [3.63, 3.8) is 0 Å². The van der Waals surface area contributed by atoms with E-state index in [2.05, 4.69) is 20.9 Å². The number of aryl methyl sites for hydroxylation is 1. The lowest BCUT2D eigenvalue weighted by Crippen LogP contribution is -2.32. The van der Waals surface area contributed by atoms with Gasteiger partial charge in [0.05, 0.1) is 5.69 Å². The number of halogens is 1. The first-order chi connectivity index (χ1) is 12.0. The number of thiazole rings is 1. The summed E-state index contributed by atoms with van der Waals surface area (Å²) >= 11 is 1.14. The molecular weight excluding hydrogens is 343 g/mol. The molecular formula is C17H19FN4O2S. The van der Waals surface area contributed by atoms with E-state index in [-0.39, 0.29) is 17.8 Å². The first-order valence-electron chi connectivity index (χ1n) is 8.13. The molecule has 1 fully saturated rings. The van der Waals surface area contributed by atoms with Crippen LogP contribution in [0, 0.1) is 12.7 Å². The second-order valence-corrected chi connectivity index (χ2v) is 6.97. The fourth-order valence-corrected chi connectivity index (χ4v) is 3.64. The van der Waals surface area contributed by atoms with Crippen LogP contribution < -0.4 is 16.0 Å². The first kappa shape index (κ1) is 17.3. The van der Waals surface area contributed by atoms with Gasteiger partial charge in [0, 0.05) is 11.7 Å². The second kappa shape index (κ2) is 7.60. The van der Waals surface area contributed by atoms with Crippen molar-refractivity contribution < 1.29 is 14.0 Å². The summed E-state index contributed by atoms with van der Waals surface area (Å²) in [5.41, 5.74) is 1.05. The van der Waals surface area contributed by atoms with Crippen molar-refractivity contribution in [3.05, 3.63) is 40.7 Å². The molecule has 0 bridgehead atoms. The Labute approximate surface area is 148 Å². The minimum atomic E-state index is -0.497. The van der Waals surface area contributed by atoms with Crippen LogP contribution in [0.3, 0.4) is 0 Å². The molecule has 1 saturated carbocycles. The Hall–Kier alpha value is -2.48. The predicted molar refractivity (Wildman–Crippen MR) is 95.6 cm³/mol. The van der Waals surface area contributed by atoms with Gasteiger partial charge >= 0.3 is 6.03 Å². The molecule has 0 saturated heterocycles. The minimum absolute atomic E-state index is 0.145. The molecule has 1 aromatic heterocycles. The summed E-state index contributed by atoms with van der Waals surface area (Å²) in [7, 11) is 0. The molecule has 0 unspecified atom stereocenters. The van der Waals surface area contributed by atoms with Gasteiger partial charge in [0.25, 0.3) is 5.91 Å². The number of aromatic nitrogens is 1. The molecule has 1 aromatic carbocycles. The monoisotopic (exact) mass is 362 g/mol. The smallest absolute Gasteiger partial charge is 0.325 e. The fourth-order valence-electron chi connectivity index (χ4n) is 2.77. The van der Waals surface area contributed by atoms with Crippen LogP contribution in [-0.2, 0) is 0 Å². The van der Waals surface area contributed by atoms with E-state index in [1.54, 1.807) is 6.92 Å². The van der Waals surface area contributed by atoms with E-state index in [4.69, 9.17) is 0 Å². The highest BCUT2D eigenvalue weighted by molar-refractivity contribution is 7.17. The normalized spacial score (nSPS) is 14.3. The van der Waals surface area contributed by atoms with Gasteiger partial charge in [-0.05, 0) is 44.0 Å². The highest BCUT2D eigenvalue weighted by Gasteiger charge is 2.21. The molecule has 3 rings (SSSR count). The van der Waals surface area contributed by atoms with Crippen LogP contribution in [0.15, 0.2) is 24.3 Å². The summed E-state index contributed by atoms with van der Waals surface area (Å²) in [4.78, 5) is 29.1. The lowest BCUT2D eigenvalue weighted by molar-refractivity contribution is 0.0941. The van der Waals surface area contributed by atoms with E-state index in [0.29, 0.717) is 21.4 Å². The molecule has 6 nitrogen and oxygen atoms in total. The standard InChI is InChI=1S/C17H19FN4O2S/c1-10-14(15(23)20-12-4-2-3-5-12)25-17(19-10)22-16(24)21-13-8-6-11(18)7-9-13/h6-9,12H,2-5H2,1H3,(H,20,23)(H2,19,21,22,24). The van der Waals surface area contributed by atoms with Gasteiger partial charge in [0.1, 0.15) is 10.7 Å². The highest BCUT2D eigenvalue weighted by atomic mass is 32.1. The van der Waals surface area contributed by atoms with Crippen molar-refractivity contribution in [1.29, 1.82) is 0 Å². The number of carbonyl (C=O) groups excluding carboxylic acids is 2. The minimum Gasteiger partial charge on any atom is -0.349 e. The Kier molecular flexibility index (Phi) is 5.28. The summed E-state index contributed by atoms with van der Waals surface area (Å²) < 4.78 is 12.9. The molecule has 132 valence electrons. The number of anilines is 2. The number of carbonyl (C=O) groups is 2. The highest BCUT2D eigenvalue weighted by Crippen LogP contribution is 2.24. The van der Waals surface area contributed by atoms with Gasteiger partial charge in [-0.2, -0.15) is 0 Å². The largest absolute Gasteiger partial charge is 0.349 e. The summed E-state index contributed by atoms with van der Waals surface area (Å²) in [6, 6.07) is 5.17. The summed E-state index contributed by atoms with van der Waals surface area (Å²) in [5, 5.41) is 8.54. The third-order valence-corrected chi connectivity index (χ3v) is 5.09. The van der Waals surface area contributed by atoms with E-state index in [1.165, 1.54) is 24.3 Å². The molecule has 8 heteroatoms. The van der Waals surface area contributed by atoms with Crippen LogP contribution in [0.5, 0.6) is 0 Å². The third-order valence-electron chi connectivity index (χ3n) is 4.02. The van der Waals surface area contributed by atoms with E-state index < -0.39 is 6.03 Å². The number of nitrogens with zero attached hydrogens (tertiary/aromatic N) is 1. The van der Waals surface area contributed by atoms with E-state index >= 15 is 0 Å². The number of amides is 3. The van der Waals surface area contributed by atoms with E-state index in [9.17, 15) is 14.0 Å². The Morgan fingerprint density at radius 1 is 1.16 bits per heavy atom. The first-order valence-corrected chi connectivity index (χ1v) is 8.95. The van der Waals surface area contributed by atoms with Crippen LogP contribution in [0.25, 0.3) is 0 Å². The Morgan fingerprint density at radius 3 is 2.52 bits per heavy atom.